The molecule has 0 spiro atoms. The minimum absolute atomic E-state index is 0.0423. The first-order valence-electron chi connectivity index (χ1n) is 10.4. The number of rotatable bonds is 8. The highest BCUT2D eigenvalue weighted by atomic mass is 32.2. The van der Waals surface area contributed by atoms with Gasteiger partial charge in [0.2, 0.25) is 20.0 Å². The van der Waals surface area contributed by atoms with Crippen LogP contribution in [-0.4, -0.2) is 75.9 Å². The normalized spacial score (nSPS) is 15.5. The van der Waals surface area contributed by atoms with Crippen LogP contribution in [0.15, 0.2) is 52.3 Å². The van der Waals surface area contributed by atoms with Crippen molar-refractivity contribution in [1.82, 2.24) is 8.61 Å². The molecule has 0 saturated carbocycles. The minimum atomic E-state index is -3.80. The summed E-state index contributed by atoms with van der Waals surface area (Å²) < 4.78 is 59.0. The highest BCUT2D eigenvalue weighted by molar-refractivity contribution is 7.89. The van der Waals surface area contributed by atoms with Crippen LogP contribution in [0, 0.1) is 0 Å². The van der Waals surface area contributed by atoms with E-state index < -0.39 is 26.0 Å². The zero-order valence-corrected chi connectivity index (χ0v) is 20.0. The number of hydrogen-bond donors (Lipinski definition) is 2. The first-order valence-corrected chi connectivity index (χ1v) is 13.3. The van der Waals surface area contributed by atoms with Gasteiger partial charge in [-0.25, -0.2) is 16.8 Å². The fraction of sp³-hybridized carbons (Fsp3) is 0.381. The molecule has 1 aliphatic heterocycles. The number of nitrogens with one attached hydrogen (secondary N) is 1. The second-order valence-corrected chi connectivity index (χ2v) is 11.1. The second kappa shape index (κ2) is 10.2. The first kappa shape index (κ1) is 25.1. The molecule has 0 atom stereocenters. The molecule has 3 rings (SSSR count). The SMILES string of the molecule is CCN(CC)S(=O)(=O)c1ccc(O)c(NC(=O)c2cccc(S(=O)(=O)N3CCOCC3)c2)c1. The van der Waals surface area contributed by atoms with E-state index in [1.54, 1.807) is 13.8 Å². The Labute approximate surface area is 193 Å². The van der Waals surface area contributed by atoms with Crippen molar-refractivity contribution < 1.29 is 31.5 Å². The van der Waals surface area contributed by atoms with E-state index >= 15 is 0 Å². The molecular formula is C21H27N3O7S2. The lowest BCUT2D eigenvalue weighted by Gasteiger charge is -2.26. The molecule has 1 amide bonds. The highest BCUT2D eigenvalue weighted by Crippen LogP contribution is 2.29. The zero-order valence-electron chi connectivity index (χ0n) is 18.4. The Bertz CT molecular complexity index is 1220. The molecule has 0 aliphatic carbocycles. The van der Waals surface area contributed by atoms with Crippen LogP contribution >= 0.6 is 0 Å². The van der Waals surface area contributed by atoms with Gasteiger partial charge in [0.25, 0.3) is 5.91 Å². The molecule has 33 heavy (non-hydrogen) atoms. The van der Waals surface area contributed by atoms with Crippen molar-refractivity contribution in [2.45, 2.75) is 23.6 Å². The Hall–Kier alpha value is -2.51. The van der Waals surface area contributed by atoms with Crippen LogP contribution in [0.3, 0.4) is 0 Å². The molecule has 2 N–H and O–H groups in total. The lowest BCUT2D eigenvalue weighted by atomic mass is 10.2. The van der Waals surface area contributed by atoms with Gasteiger partial charge in [-0.2, -0.15) is 8.61 Å². The summed E-state index contributed by atoms with van der Waals surface area (Å²) in [7, 11) is -7.60. The summed E-state index contributed by atoms with van der Waals surface area (Å²) >= 11 is 0. The van der Waals surface area contributed by atoms with Crippen LogP contribution in [0.1, 0.15) is 24.2 Å². The number of aromatic hydroxyl groups is 1. The maximum absolute atomic E-state index is 12.9. The minimum Gasteiger partial charge on any atom is -0.506 e. The monoisotopic (exact) mass is 497 g/mol. The number of nitrogens with zero attached hydrogens (tertiary/aromatic N) is 2. The number of carbonyl (C=O) groups is 1. The average Bonchev–Trinajstić information content (AvgIpc) is 2.81. The van der Waals surface area contributed by atoms with Crippen LogP contribution < -0.4 is 5.32 Å². The zero-order chi connectivity index (χ0) is 24.2. The van der Waals surface area contributed by atoms with Crippen LogP contribution in [0.25, 0.3) is 0 Å². The van der Waals surface area contributed by atoms with Gasteiger partial charge in [-0.1, -0.05) is 19.9 Å². The Balaban J connectivity index is 1.87. The van der Waals surface area contributed by atoms with E-state index in [0.717, 1.165) is 0 Å². The third-order valence-corrected chi connectivity index (χ3v) is 9.20. The standard InChI is InChI=1S/C21H27N3O7S2/c1-3-23(4-2)32(27,28)18-8-9-20(25)19(15-18)22-21(26)16-6-5-7-17(14-16)33(29,30)24-10-12-31-13-11-24/h5-9,14-15,25H,3-4,10-13H2,1-2H3,(H,22,26). The van der Waals surface area contributed by atoms with E-state index in [2.05, 4.69) is 5.32 Å². The summed E-state index contributed by atoms with van der Waals surface area (Å²) in [6.07, 6.45) is 0. The topological polar surface area (TPSA) is 133 Å². The number of phenols is 1. The number of hydrogen-bond acceptors (Lipinski definition) is 7. The molecule has 0 aromatic heterocycles. The number of carbonyl (C=O) groups excluding carboxylic acids is 1. The van der Waals surface area contributed by atoms with Gasteiger partial charge in [0, 0.05) is 31.7 Å². The van der Waals surface area contributed by atoms with Gasteiger partial charge in [0.15, 0.2) is 0 Å². The summed E-state index contributed by atoms with van der Waals surface area (Å²) in [5, 5.41) is 12.6. The van der Waals surface area contributed by atoms with E-state index in [1.807, 2.05) is 0 Å². The van der Waals surface area contributed by atoms with Crippen LogP contribution in [-0.2, 0) is 24.8 Å². The maximum Gasteiger partial charge on any atom is 0.255 e. The van der Waals surface area contributed by atoms with Crippen molar-refractivity contribution in [3.8, 4) is 5.75 Å². The van der Waals surface area contributed by atoms with Gasteiger partial charge < -0.3 is 15.2 Å². The molecule has 1 saturated heterocycles. The van der Waals surface area contributed by atoms with Gasteiger partial charge in [0.05, 0.1) is 28.7 Å². The summed E-state index contributed by atoms with van der Waals surface area (Å²) in [5.74, 6) is -1.01. The molecule has 1 fully saturated rings. The number of benzene rings is 2. The van der Waals surface area contributed by atoms with Gasteiger partial charge in [-0.15, -0.1) is 0 Å². The molecule has 10 nitrogen and oxygen atoms in total. The largest absolute Gasteiger partial charge is 0.506 e. The molecule has 12 heteroatoms. The van der Waals surface area contributed by atoms with Crippen molar-refractivity contribution in [3.63, 3.8) is 0 Å². The Morgan fingerprint density at radius 3 is 2.33 bits per heavy atom. The van der Waals surface area contributed by atoms with Crippen molar-refractivity contribution >= 4 is 31.6 Å². The van der Waals surface area contributed by atoms with Crippen molar-refractivity contribution in [2.24, 2.45) is 0 Å². The van der Waals surface area contributed by atoms with E-state index in [1.165, 1.54) is 51.1 Å². The molecule has 2 aromatic rings. The number of morpholine rings is 1. The Kier molecular flexibility index (Phi) is 7.75. The number of anilines is 1. The van der Waals surface area contributed by atoms with Crippen molar-refractivity contribution in [1.29, 1.82) is 0 Å². The number of sulfonamides is 2. The summed E-state index contributed by atoms with van der Waals surface area (Å²) in [6, 6.07) is 9.14. The molecule has 180 valence electrons. The number of ether oxygens (including phenoxy) is 1. The number of amides is 1. The molecule has 1 aliphatic rings. The average molecular weight is 498 g/mol. The molecule has 0 bridgehead atoms. The first-order chi connectivity index (χ1) is 15.6. The molecule has 0 unspecified atom stereocenters. The predicted octanol–water partition coefficient (Wildman–Crippen LogP) is 1.70. The Morgan fingerprint density at radius 1 is 1.03 bits per heavy atom. The molecule has 1 heterocycles. The summed E-state index contributed by atoms with van der Waals surface area (Å²) in [5.41, 5.74) is -0.0598. The molecule has 0 radical (unpaired) electrons. The van der Waals surface area contributed by atoms with E-state index in [4.69, 9.17) is 4.74 Å². The molecule has 2 aromatic carbocycles. The fourth-order valence-electron chi connectivity index (χ4n) is 3.42. The van der Waals surface area contributed by atoms with Crippen LogP contribution in [0.5, 0.6) is 5.75 Å². The third kappa shape index (κ3) is 5.36. The Morgan fingerprint density at radius 2 is 1.70 bits per heavy atom. The smallest absolute Gasteiger partial charge is 0.255 e. The van der Waals surface area contributed by atoms with Gasteiger partial charge in [-0.05, 0) is 36.4 Å². The highest BCUT2D eigenvalue weighted by Gasteiger charge is 2.27. The van der Waals surface area contributed by atoms with Crippen molar-refractivity contribution in [2.75, 3.05) is 44.7 Å². The second-order valence-electron chi connectivity index (χ2n) is 7.27. The van der Waals surface area contributed by atoms with Crippen molar-refractivity contribution in [3.05, 3.63) is 48.0 Å². The van der Waals surface area contributed by atoms with Gasteiger partial charge >= 0.3 is 0 Å². The van der Waals surface area contributed by atoms with E-state index in [0.29, 0.717) is 13.2 Å². The number of phenolic OH excluding ortho intramolecular Hbond substituents is 1. The lowest BCUT2D eigenvalue weighted by Crippen LogP contribution is -2.40. The van der Waals surface area contributed by atoms with Gasteiger partial charge in [-0.3, -0.25) is 4.79 Å². The van der Waals surface area contributed by atoms with Gasteiger partial charge in [0.1, 0.15) is 5.75 Å². The quantitative estimate of drug-likeness (QED) is 0.530. The summed E-state index contributed by atoms with van der Waals surface area (Å²) in [6.45, 7) is 5.00. The lowest BCUT2D eigenvalue weighted by molar-refractivity contribution is 0.0730. The van der Waals surface area contributed by atoms with E-state index in [9.17, 15) is 26.7 Å². The van der Waals surface area contributed by atoms with Crippen LogP contribution in [0.4, 0.5) is 5.69 Å². The molecular weight excluding hydrogens is 470 g/mol. The summed E-state index contributed by atoms with van der Waals surface area (Å²) in [4.78, 5) is 12.7. The third-order valence-electron chi connectivity index (χ3n) is 5.26. The van der Waals surface area contributed by atoms with E-state index in [-0.39, 0.29) is 53.0 Å². The maximum atomic E-state index is 12.9. The predicted molar refractivity (Wildman–Crippen MR) is 122 cm³/mol. The fourth-order valence-corrected chi connectivity index (χ4v) is 6.36. The van der Waals surface area contributed by atoms with Crippen LogP contribution in [0.2, 0.25) is 0 Å².